The zero-order valence-corrected chi connectivity index (χ0v) is 16.4. The average molecular weight is 410 g/mol. The molecule has 7 heteroatoms. The third-order valence-electron chi connectivity index (χ3n) is 4.49. The van der Waals surface area contributed by atoms with Crippen molar-refractivity contribution in [1.29, 1.82) is 0 Å². The highest BCUT2D eigenvalue weighted by Gasteiger charge is 2.28. The molecule has 5 nitrogen and oxygen atoms in total. The van der Waals surface area contributed by atoms with Crippen LogP contribution in [0.2, 0.25) is 10.0 Å². The summed E-state index contributed by atoms with van der Waals surface area (Å²) in [6.07, 6.45) is -0.206. The summed E-state index contributed by atoms with van der Waals surface area (Å²) in [6, 6.07) is 12.6. The Morgan fingerprint density at radius 3 is 2.81 bits per heavy atom. The van der Waals surface area contributed by atoms with E-state index >= 15 is 0 Å². The Labute approximate surface area is 168 Å². The molecule has 1 heterocycles. The summed E-state index contributed by atoms with van der Waals surface area (Å²) in [5.41, 5.74) is 1.41. The average Bonchev–Trinajstić information content (AvgIpc) is 2.93. The van der Waals surface area contributed by atoms with Gasteiger partial charge >= 0.3 is 5.97 Å². The highest BCUT2D eigenvalue weighted by Crippen LogP contribution is 2.30. The molecule has 0 radical (unpaired) electrons. The van der Waals surface area contributed by atoms with E-state index in [0.29, 0.717) is 34.6 Å². The fourth-order valence-electron chi connectivity index (χ4n) is 3.07. The molecule has 0 saturated carbocycles. The molecule has 1 aliphatic rings. The number of benzene rings is 2. The van der Waals surface area contributed by atoms with Crippen molar-refractivity contribution in [2.75, 3.05) is 33.4 Å². The Morgan fingerprint density at radius 2 is 2.04 bits per heavy atom. The summed E-state index contributed by atoms with van der Waals surface area (Å²) in [4.78, 5) is 11.9. The highest BCUT2D eigenvalue weighted by molar-refractivity contribution is 6.42. The fourth-order valence-corrected chi connectivity index (χ4v) is 3.38. The SMILES string of the molecule is COC(=O)c1ccccc1OCC1OCCNCC1c1ccc(Cl)c(Cl)c1. The van der Waals surface area contributed by atoms with Crippen molar-refractivity contribution in [3.8, 4) is 5.75 Å². The Morgan fingerprint density at radius 1 is 1.22 bits per heavy atom. The molecule has 27 heavy (non-hydrogen) atoms. The predicted molar refractivity (Wildman–Crippen MR) is 105 cm³/mol. The molecule has 1 aliphatic heterocycles. The van der Waals surface area contributed by atoms with Gasteiger partial charge in [-0.1, -0.05) is 41.4 Å². The van der Waals surface area contributed by atoms with Gasteiger partial charge in [0.25, 0.3) is 0 Å². The van der Waals surface area contributed by atoms with Crippen molar-refractivity contribution >= 4 is 29.2 Å². The van der Waals surface area contributed by atoms with Gasteiger partial charge in [-0.25, -0.2) is 4.79 Å². The van der Waals surface area contributed by atoms with Crippen LogP contribution in [0, 0.1) is 0 Å². The van der Waals surface area contributed by atoms with E-state index in [1.54, 1.807) is 24.3 Å². The van der Waals surface area contributed by atoms with Crippen molar-refractivity contribution in [3.05, 3.63) is 63.6 Å². The molecule has 0 spiro atoms. The standard InChI is InChI=1S/C20H21Cl2NO4/c1-25-20(24)14-4-2-3-5-18(14)27-12-19-15(11-23-8-9-26-19)13-6-7-16(21)17(22)10-13/h2-7,10,15,19,23H,8-9,11-12H2,1H3. The van der Waals surface area contributed by atoms with Gasteiger partial charge in [-0.3, -0.25) is 0 Å². The predicted octanol–water partition coefficient (Wildman–Crippen LogP) is 3.93. The summed E-state index contributed by atoms with van der Waals surface area (Å²) < 4.78 is 16.8. The van der Waals surface area contributed by atoms with Crippen molar-refractivity contribution in [2.24, 2.45) is 0 Å². The monoisotopic (exact) mass is 409 g/mol. The minimum atomic E-state index is -0.435. The summed E-state index contributed by atoms with van der Waals surface area (Å²) in [5, 5.41) is 4.39. The number of halogens is 2. The number of ether oxygens (including phenoxy) is 3. The Hall–Kier alpha value is -1.79. The van der Waals surface area contributed by atoms with E-state index in [4.69, 9.17) is 37.4 Å². The number of nitrogens with one attached hydrogen (secondary N) is 1. The van der Waals surface area contributed by atoms with E-state index in [9.17, 15) is 4.79 Å². The smallest absolute Gasteiger partial charge is 0.341 e. The minimum Gasteiger partial charge on any atom is -0.490 e. The number of esters is 1. The first kappa shape index (κ1) is 20.0. The number of rotatable bonds is 5. The normalized spacial score (nSPS) is 20.0. The summed E-state index contributed by atoms with van der Waals surface area (Å²) in [6.45, 7) is 2.35. The van der Waals surface area contributed by atoms with E-state index in [0.717, 1.165) is 18.7 Å². The van der Waals surface area contributed by atoms with Crippen LogP contribution in [0.3, 0.4) is 0 Å². The van der Waals surface area contributed by atoms with Crippen LogP contribution in [0.4, 0.5) is 0 Å². The molecule has 0 aromatic heterocycles. The second-order valence-corrected chi connectivity index (χ2v) is 7.01. The minimum absolute atomic E-state index is 0.0348. The molecule has 1 N–H and O–H groups in total. The van der Waals surface area contributed by atoms with Crippen LogP contribution in [0.15, 0.2) is 42.5 Å². The molecule has 144 valence electrons. The Bertz CT molecular complexity index is 799. The molecule has 2 aromatic rings. The molecule has 3 rings (SSSR count). The summed E-state index contributed by atoms with van der Waals surface area (Å²) in [7, 11) is 1.35. The van der Waals surface area contributed by atoms with Crippen molar-refractivity contribution in [1.82, 2.24) is 5.32 Å². The van der Waals surface area contributed by atoms with Gasteiger partial charge in [0.1, 0.15) is 17.9 Å². The van der Waals surface area contributed by atoms with Gasteiger partial charge in [-0.15, -0.1) is 0 Å². The lowest BCUT2D eigenvalue weighted by molar-refractivity contribution is 0.0175. The first-order valence-electron chi connectivity index (χ1n) is 8.67. The van der Waals surface area contributed by atoms with Crippen LogP contribution >= 0.6 is 23.2 Å². The second kappa shape index (κ2) is 9.42. The van der Waals surface area contributed by atoms with Gasteiger partial charge in [0.05, 0.1) is 29.9 Å². The maximum Gasteiger partial charge on any atom is 0.341 e. The molecular formula is C20H21Cl2NO4. The number of carbonyl (C=O) groups excluding carboxylic acids is 1. The van der Waals surface area contributed by atoms with Crippen LogP contribution in [-0.4, -0.2) is 45.5 Å². The molecule has 0 amide bonds. The summed E-state index contributed by atoms with van der Waals surface area (Å²) in [5.74, 6) is 0.0701. The van der Waals surface area contributed by atoms with E-state index < -0.39 is 5.97 Å². The number of carbonyl (C=O) groups is 1. The quantitative estimate of drug-likeness (QED) is 0.758. The molecule has 2 atom stereocenters. The molecule has 2 aromatic carbocycles. The van der Waals surface area contributed by atoms with Gasteiger partial charge in [0, 0.05) is 19.0 Å². The van der Waals surface area contributed by atoms with E-state index in [1.807, 2.05) is 18.2 Å². The number of methoxy groups -OCH3 is 1. The zero-order chi connectivity index (χ0) is 19.2. The maximum absolute atomic E-state index is 11.9. The Balaban J connectivity index is 1.79. The lowest BCUT2D eigenvalue weighted by Gasteiger charge is -2.26. The molecule has 0 bridgehead atoms. The highest BCUT2D eigenvalue weighted by atomic mass is 35.5. The molecule has 1 fully saturated rings. The fraction of sp³-hybridized carbons (Fsp3) is 0.350. The summed E-state index contributed by atoms with van der Waals surface area (Å²) >= 11 is 12.2. The van der Waals surface area contributed by atoms with Gasteiger partial charge in [-0.05, 0) is 29.8 Å². The van der Waals surface area contributed by atoms with Crippen LogP contribution in [0.1, 0.15) is 21.8 Å². The Kier molecular flexibility index (Phi) is 6.96. The van der Waals surface area contributed by atoms with Crippen molar-refractivity contribution in [3.63, 3.8) is 0 Å². The van der Waals surface area contributed by atoms with Gasteiger partial charge in [0.2, 0.25) is 0 Å². The van der Waals surface area contributed by atoms with E-state index in [1.165, 1.54) is 7.11 Å². The topological polar surface area (TPSA) is 56.8 Å². The molecular weight excluding hydrogens is 389 g/mol. The van der Waals surface area contributed by atoms with Crippen molar-refractivity contribution in [2.45, 2.75) is 12.0 Å². The molecule has 0 aliphatic carbocycles. The van der Waals surface area contributed by atoms with Gasteiger partial charge in [0.15, 0.2) is 0 Å². The van der Waals surface area contributed by atoms with Crippen LogP contribution in [0.5, 0.6) is 5.75 Å². The number of hydrogen-bond donors (Lipinski definition) is 1. The lowest BCUT2D eigenvalue weighted by atomic mass is 9.93. The van der Waals surface area contributed by atoms with Crippen LogP contribution in [0.25, 0.3) is 0 Å². The van der Waals surface area contributed by atoms with E-state index in [2.05, 4.69) is 5.32 Å². The van der Waals surface area contributed by atoms with E-state index in [-0.39, 0.29) is 12.0 Å². The molecule has 1 saturated heterocycles. The van der Waals surface area contributed by atoms with Gasteiger partial charge < -0.3 is 19.5 Å². The zero-order valence-electron chi connectivity index (χ0n) is 14.9. The van der Waals surface area contributed by atoms with Crippen molar-refractivity contribution < 1.29 is 19.0 Å². The van der Waals surface area contributed by atoms with Crippen LogP contribution in [-0.2, 0) is 9.47 Å². The number of para-hydroxylation sites is 1. The maximum atomic E-state index is 11.9. The van der Waals surface area contributed by atoms with Gasteiger partial charge in [-0.2, -0.15) is 0 Å². The second-order valence-electron chi connectivity index (χ2n) is 6.19. The third-order valence-corrected chi connectivity index (χ3v) is 5.23. The first-order valence-corrected chi connectivity index (χ1v) is 9.43. The largest absolute Gasteiger partial charge is 0.490 e. The third kappa shape index (κ3) is 4.93. The molecule has 2 unspecified atom stereocenters. The lowest BCUT2D eigenvalue weighted by Crippen LogP contribution is -2.32. The van der Waals surface area contributed by atoms with Crippen LogP contribution < -0.4 is 10.1 Å². The number of hydrogen-bond acceptors (Lipinski definition) is 5. The first-order chi connectivity index (χ1) is 13.1.